The van der Waals surface area contributed by atoms with Crippen molar-refractivity contribution in [3.63, 3.8) is 0 Å². The Labute approximate surface area is 127 Å². The quantitative estimate of drug-likeness (QED) is 0.458. The highest BCUT2D eigenvalue weighted by Crippen LogP contribution is 2.26. The molecule has 0 aromatic rings. The number of ether oxygens (including phenoxy) is 3. The summed E-state index contributed by atoms with van der Waals surface area (Å²) in [5, 5.41) is 0. The molecule has 1 rings (SSSR count). The van der Waals surface area contributed by atoms with Crippen LogP contribution in [-0.2, 0) is 23.8 Å². The molecule has 5 heteroatoms. The molecule has 0 saturated carbocycles. The minimum Gasteiger partial charge on any atom is -0.469 e. The van der Waals surface area contributed by atoms with Crippen molar-refractivity contribution in [3.8, 4) is 0 Å². The van der Waals surface area contributed by atoms with Gasteiger partial charge in [-0.3, -0.25) is 9.59 Å². The van der Waals surface area contributed by atoms with Crippen LogP contribution < -0.4 is 0 Å². The van der Waals surface area contributed by atoms with Gasteiger partial charge in [-0.15, -0.1) is 0 Å². The molecule has 0 aromatic carbocycles. The molecule has 2 atom stereocenters. The van der Waals surface area contributed by atoms with E-state index < -0.39 is 0 Å². The van der Waals surface area contributed by atoms with E-state index in [2.05, 4.69) is 9.47 Å². The molecule has 2 unspecified atom stereocenters. The van der Waals surface area contributed by atoms with Gasteiger partial charge in [0.2, 0.25) is 0 Å². The number of rotatable bonds is 10. The monoisotopic (exact) mass is 300 g/mol. The molecule has 0 spiro atoms. The number of carbonyl (C=O) groups is 2. The van der Waals surface area contributed by atoms with Gasteiger partial charge in [0.1, 0.15) is 0 Å². The molecule has 1 aliphatic rings. The number of unbranched alkanes of at least 4 members (excludes halogenated alkanes) is 4. The van der Waals surface area contributed by atoms with Crippen molar-refractivity contribution in [2.45, 2.75) is 76.4 Å². The van der Waals surface area contributed by atoms with Crippen LogP contribution in [-0.4, -0.2) is 38.4 Å². The third-order valence-electron chi connectivity index (χ3n) is 3.95. The van der Waals surface area contributed by atoms with Crippen molar-refractivity contribution < 1.29 is 23.8 Å². The van der Waals surface area contributed by atoms with Crippen LogP contribution in [0.2, 0.25) is 0 Å². The van der Waals surface area contributed by atoms with Crippen LogP contribution >= 0.6 is 0 Å². The van der Waals surface area contributed by atoms with E-state index in [9.17, 15) is 9.59 Å². The predicted molar refractivity (Wildman–Crippen MR) is 78.9 cm³/mol. The van der Waals surface area contributed by atoms with E-state index in [-0.39, 0.29) is 18.0 Å². The van der Waals surface area contributed by atoms with Crippen LogP contribution in [0.3, 0.4) is 0 Å². The number of esters is 2. The fourth-order valence-electron chi connectivity index (χ4n) is 2.69. The maximum atomic E-state index is 11.2. The maximum absolute atomic E-state index is 11.2. The minimum atomic E-state index is -0.189. The Kier molecular flexibility index (Phi) is 9.06. The van der Waals surface area contributed by atoms with Gasteiger partial charge in [0.05, 0.1) is 32.8 Å². The van der Waals surface area contributed by atoms with Gasteiger partial charge in [0.25, 0.3) is 0 Å². The van der Waals surface area contributed by atoms with Gasteiger partial charge in [-0.05, 0) is 25.7 Å². The van der Waals surface area contributed by atoms with Crippen molar-refractivity contribution in [3.05, 3.63) is 0 Å². The molecule has 5 nitrogen and oxygen atoms in total. The first-order valence-electron chi connectivity index (χ1n) is 7.94. The first kappa shape index (κ1) is 18.0. The zero-order valence-electron chi connectivity index (χ0n) is 13.3. The van der Waals surface area contributed by atoms with Crippen molar-refractivity contribution >= 4 is 11.9 Å². The van der Waals surface area contributed by atoms with Gasteiger partial charge in [-0.2, -0.15) is 0 Å². The fraction of sp³-hybridized carbons (Fsp3) is 0.875. The van der Waals surface area contributed by atoms with E-state index in [4.69, 9.17) is 4.74 Å². The van der Waals surface area contributed by atoms with Crippen molar-refractivity contribution in [1.82, 2.24) is 0 Å². The van der Waals surface area contributed by atoms with E-state index in [1.54, 1.807) is 0 Å². The molecule has 0 N–H and O–H groups in total. The first-order chi connectivity index (χ1) is 10.2. The van der Waals surface area contributed by atoms with Crippen LogP contribution in [0.5, 0.6) is 0 Å². The largest absolute Gasteiger partial charge is 0.469 e. The number of carbonyl (C=O) groups excluding carboxylic acids is 2. The van der Waals surface area contributed by atoms with E-state index in [0.717, 1.165) is 44.9 Å². The molecular weight excluding hydrogens is 272 g/mol. The molecule has 1 fully saturated rings. The lowest BCUT2D eigenvalue weighted by Crippen LogP contribution is -2.16. The molecule has 0 amide bonds. The molecule has 0 aromatic heterocycles. The Balaban J connectivity index is 1.94. The van der Waals surface area contributed by atoms with Gasteiger partial charge in [-0.1, -0.05) is 25.7 Å². The van der Waals surface area contributed by atoms with E-state index in [1.807, 2.05) is 0 Å². The number of hydrogen-bond donors (Lipinski definition) is 0. The summed E-state index contributed by atoms with van der Waals surface area (Å²) in [5.74, 6) is -0.308. The Morgan fingerprint density at radius 3 is 2.24 bits per heavy atom. The second-order valence-corrected chi connectivity index (χ2v) is 5.62. The molecule has 0 aliphatic carbocycles. The fourth-order valence-corrected chi connectivity index (χ4v) is 2.69. The summed E-state index contributed by atoms with van der Waals surface area (Å²) in [6.07, 6.45) is 9.76. The second kappa shape index (κ2) is 10.6. The molecule has 1 saturated heterocycles. The zero-order chi connectivity index (χ0) is 15.5. The van der Waals surface area contributed by atoms with Gasteiger partial charge >= 0.3 is 11.9 Å². The van der Waals surface area contributed by atoms with Gasteiger partial charge in [0, 0.05) is 6.42 Å². The highest BCUT2D eigenvalue weighted by Gasteiger charge is 2.26. The summed E-state index contributed by atoms with van der Waals surface area (Å²) in [4.78, 5) is 22.1. The second-order valence-electron chi connectivity index (χ2n) is 5.62. The van der Waals surface area contributed by atoms with Crippen molar-refractivity contribution in [2.24, 2.45) is 0 Å². The summed E-state index contributed by atoms with van der Waals surface area (Å²) >= 11 is 0. The first-order valence-corrected chi connectivity index (χ1v) is 7.94. The van der Waals surface area contributed by atoms with E-state index >= 15 is 0 Å². The molecule has 122 valence electrons. The third-order valence-corrected chi connectivity index (χ3v) is 3.95. The molecule has 0 bridgehead atoms. The number of hydrogen-bond acceptors (Lipinski definition) is 5. The third kappa shape index (κ3) is 8.05. The molecule has 0 radical (unpaired) electrons. The Morgan fingerprint density at radius 1 is 0.905 bits per heavy atom. The van der Waals surface area contributed by atoms with Gasteiger partial charge in [-0.25, -0.2) is 0 Å². The average Bonchev–Trinajstić information content (AvgIpc) is 2.93. The van der Waals surface area contributed by atoms with Crippen LogP contribution in [0, 0.1) is 0 Å². The van der Waals surface area contributed by atoms with Gasteiger partial charge in [0.15, 0.2) is 0 Å². The lowest BCUT2D eigenvalue weighted by molar-refractivity contribution is -0.143. The predicted octanol–water partition coefficient (Wildman–Crippen LogP) is 3.00. The van der Waals surface area contributed by atoms with E-state index in [0.29, 0.717) is 18.9 Å². The average molecular weight is 300 g/mol. The highest BCUT2D eigenvalue weighted by molar-refractivity contribution is 5.69. The smallest absolute Gasteiger partial charge is 0.308 e. The summed E-state index contributed by atoms with van der Waals surface area (Å²) in [6.45, 7) is 0. The summed E-state index contributed by atoms with van der Waals surface area (Å²) in [5.41, 5.74) is 0. The standard InChI is InChI=1S/C16H28O5/c1-19-15(17)9-7-5-3-4-6-8-13-10-11-14(21-13)12-16(18)20-2/h13-14H,3-12H2,1-2H3. The van der Waals surface area contributed by atoms with Crippen molar-refractivity contribution in [2.75, 3.05) is 14.2 Å². The highest BCUT2D eigenvalue weighted by atomic mass is 16.5. The topological polar surface area (TPSA) is 61.8 Å². The van der Waals surface area contributed by atoms with Gasteiger partial charge < -0.3 is 14.2 Å². The lowest BCUT2D eigenvalue weighted by atomic mass is 10.0. The molecule has 1 heterocycles. The lowest BCUT2D eigenvalue weighted by Gasteiger charge is -2.12. The minimum absolute atomic E-state index is 0.0440. The number of methoxy groups -OCH3 is 2. The summed E-state index contributed by atoms with van der Waals surface area (Å²) < 4.78 is 15.1. The Hall–Kier alpha value is -1.10. The van der Waals surface area contributed by atoms with Crippen LogP contribution in [0.25, 0.3) is 0 Å². The summed E-state index contributed by atoms with van der Waals surface area (Å²) in [6, 6.07) is 0. The van der Waals surface area contributed by atoms with Crippen LogP contribution in [0.1, 0.15) is 64.2 Å². The Bertz CT molecular complexity index is 316. The molecular formula is C16H28O5. The molecule has 1 aliphatic heterocycles. The summed E-state index contributed by atoms with van der Waals surface area (Å²) in [7, 11) is 2.84. The molecule has 21 heavy (non-hydrogen) atoms. The Morgan fingerprint density at radius 2 is 1.52 bits per heavy atom. The zero-order valence-corrected chi connectivity index (χ0v) is 13.3. The SMILES string of the molecule is COC(=O)CCCCCCCC1CCC(CC(=O)OC)O1. The maximum Gasteiger partial charge on any atom is 0.308 e. The van der Waals surface area contributed by atoms with Crippen molar-refractivity contribution in [1.29, 1.82) is 0 Å². The van der Waals surface area contributed by atoms with Crippen LogP contribution in [0.4, 0.5) is 0 Å². The van der Waals surface area contributed by atoms with E-state index in [1.165, 1.54) is 20.6 Å². The van der Waals surface area contributed by atoms with Crippen LogP contribution in [0.15, 0.2) is 0 Å². The normalized spacial score (nSPS) is 21.2.